The second-order valence-electron chi connectivity index (χ2n) is 3.78. The molecule has 0 saturated heterocycles. The third-order valence-electron chi connectivity index (χ3n) is 2.72. The van der Waals surface area contributed by atoms with Crippen molar-refractivity contribution in [3.63, 3.8) is 0 Å². The van der Waals surface area contributed by atoms with Crippen LogP contribution in [0.1, 0.15) is 12.5 Å². The van der Waals surface area contributed by atoms with Crippen molar-refractivity contribution in [2.24, 2.45) is 0 Å². The Morgan fingerprint density at radius 3 is 3.06 bits per heavy atom. The number of rotatable bonds is 3. The minimum absolute atomic E-state index is 0.102. The van der Waals surface area contributed by atoms with Gasteiger partial charge in [0.15, 0.2) is 0 Å². The van der Waals surface area contributed by atoms with E-state index in [1.54, 1.807) is 0 Å². The van der Waals surface area contributed by atoms with Crippen LogP contribution in [0.25, 0.3) is 0 Å². The van der Waals surface area contributed by atoms with Crippen molar-refractivity contribution in [2.75, 3.05) is 23.7 Å². The maximum Gasteiger partial charge on any atom is 0.323 e. The summed E-state index contributed by atoms with van der Waals surface area (Å²) >= 11 is 1.81. The molecule has 1 aromatic carbocycles. The summed E-state index contributed by atoms with van der Waals surface area (Å²) in [5.74, 6) is 0.205. The lowest BCUT2D eigenvalue weighted by molar-refractivity contribution is -0.135. The number of hydrogen-bond donors (Lipinski definition) is 1. The van der Waals surface area contributed by atoms with Gasteiger partial charge in [-0.15, -0.1) is 11.8 Å². The Labute approximate surface area is 99.5 Å². The van der Waals surface area contributed by atoms with E-state index < -0.39 is 5.97 Å². The first-order valence-electron chi connectivity index (χ1n) is 5.43. The molecule has 16 heavy (non-hydrogen) atoms. The van der Waals surface area contributed by atoms with Crippen LogP contribution in [-0.4, -0.2) is 29.9 Å². The molecular formula is C12H15NO2S. The molecule has 1 N–H and O–H groups in total. The standard InChI is InChI=1S/C12H15NO2S/c1-2-9-4-3-5-10-12(9)13(6-7-16-10)8-11(14)15/h3-5H,2,6-8H2,1H3,(H,14,15). The third-order valence-corrected chi connectivity index (χ3v) is 3.75. The van der Waals surface area contributed by atoms with Gasteiger partial charge in [0.1, 0.15) is 6.54 Å². The summed E-state index contributed by atoms with van der Waals surface area (Å²) in [6.07, 6.45) is 0.944. The van der Waals surface area contributed by atoms with E-state index in [1.807, 2.05) is 16.7 Å². The van der Waals surface area contributed by atoms with E-state index in [9.17, 15) is 4.79 Å². The minimum Gasteiger partial charge on any atom is -0.480 e. The van der Waals surface area contributed by atoms with Crippen molar-refractivity contribution in [1.82, 2.24) is 0 Å². The lowest BCUT2D eigenvalue weighted by atomic mass is 10.1. The predicted octanol–water partition coefficient (Wildman–Crippen LogP) is 2.25. The molecule has 1 aliphatic rings. The third kappa shape index (κ3) is 2.16. The Bertz CT molecular complexity index is 392. The van der Waals surface area contributed by atoms with E-state index in [0.29, 0.717) is 0 Å². The molecule has 1 aromatic rings. The molecule has 0 amide bonds. The molecule has 3 nitrogen and oxygen atoms in total. The van der Waals surface area contributed by atoms with E-state index in [-0.39, 0.29) is 6.54 Å². The molecule has 2 rings (SSSR count). The Morgan fingerprint density at radius 1 is 1.56 bits per heavy atom. The van der Waals surface area contributed by atoms with Crippen molar-refractivity contribution in [2.45, 2.75) is 18.2 Å². The molecule has 0 aromatic heterocycles. The summed E-state index contributed by atoms with van der Waals surface area (Å²) in [4.78, 5) is 14.0. The van der Waals surface area contributed by atoms with Crippen LogP contribution in [0.4, 0.5) is 5.69 Å². The molecule has 0 unspecified atom stereocenters. The molecule has 0 spiro atoms. The highest BCUT2D eigenvalue weighted by Gasteiger charge is 2.21. The molecule has 0 saturated carbocycles. The molecule has 86 valence electrons. The van der Waals surface area contributed by atoms with Gasteiger partial charge < -0.3 is 10.0 Å². The molecule has 0 fully saturated rings. The zero-order chi connectivity index (χ0) is 11.5. The monoisotopic (exact) mass is 237 g/mol. The van der Waals surface area contributed by atoms with Gasteiger partial charge in [-0.05, 0) is 18.1 Å². The maximum atomic E-state index is 10.8. The summed E-state index contributed by atoms with van der Waals surface area (Å²) in [6.45, 7) is 3.03. The van der Waals surface area contributed by atoms with Crippen molar-refractivity contribution >= 4 is 23.4 Å². The Balaban J connectivity index is 2.38. The summed E-state index contributed by atoms with van der Waals surface area (Å²) in [7, 11) is 0. The smallest absolute Gasteiger partial charge is 0.323 e. The van der Waals surface area contributed by atoms with Gasteiger partial charge in [-0.25, -0.2) is 0 Å². The number of para-hydroxylation sites is 1. The molecule has 1 heterocycles. The zero-order valence-corrected chi connectivity index (χ0v) is 10.1. The van der Waals surface area contributed by atoms with Gasteiger partial charge in [-0.3, -0.25) is 4.79 Å². The number of aliphatic carboxylic acids is 1. The number of nitrogens with zero attached hydrogens (tertiary/aromatic N) is 1. The average molecular weight is 237 g/mol. The summed E-state index contributed by atoms with van der Waals surface area (Å²) in [5.41, 5.74) is 2.37. The fourth-order valence-corrected chi connectivity index (χ4v) is 3.13. The van der Waals surface area contributed by atoms with Gasteiger partial charge in [0.05, 0.1) is 5.69 Å². The number of anilines is 1. The highest BCUT2D eigenvalue weighted by molar-refractivity contribution is 7.99. The predicted molar refractivity (Wildman–Crippen MR) is 66.4 cm³/mol. The quantitative estimate of drug-likeness (QED) is 0.875. The van der Waals surface area contributed by atoms with Gasteiger partial charge >= 0.3 is 5.97 Å². The van der Waals surface area contributed by atoms with Crippen LogP contribution >= 0.6 is 11.8 Å². The van der Waals surface area contributed by atoms with E-state index in [0.717, 1.165) is 24.4 Å². The maximum absolute atomic E-state index is 10.8. The first kappa shape index (κ1) is 11.3. The van der Waals surface area contributed by atoms with Crippen LogP contribution in [0.2, 0.25) is 0 Å². The van der Waals surface area contributed by atoms with E-state index >= 15 is 0 Å². The number of hydrogen-bond acceptors (Lipinski definition) is 3. The molecule has 0 bridgehead atoms. The van der Waals surface area contributed by atoms with Crippen molar-refractivity contribution in [1.29, 1.82) is 0 Å². The number of carboxylic acids is 1. The number of carbonyl (C=O) groups is 1. The second kappa shape index (κ2) is 4.78. The van der Waals surface area contributed by atoms with Crippen LogP contribution in [0, 0.1) is 0 Å². The van der Waals surface area contributed by atoms with Crippen LogP contribution in [-0.2, 0) is 11.2 Å². The Kier molecular flexibility index (Phi) is 3.39. The first-order chi connectivity index (χ1) is 7.72. The zero-order valence-electron chi connectivity index (χ0n) is 9.27. The average Bonchev–Trinajstić information content (AvgIpc) is 2.28. The first-order valence-corrected chi connectivity index (χ1v) is 6.42. The lowest BCUT2D eigenvalue weighted by Gasteiger charge is -2.31. The highest BCUT2D eigenvalue weighted by atomic mass is 32.2. The van der Waals surface area contributed by atoms with Gasteiger partial charge in [-0.2, -0.15) is 0 Å². The fourth-order valence-electron chi connectivity index (χ4n) is 2.03. The molecule has 0 radical (unpaired) electrons. The number of aryl methyl sites for hydroxylation is 1. The lowest BCUT2D eigenvalue weighted by Crippen LogP contribution is -2.34. The molecule has 0 atom stereocenters. The topological polar surface area (TPSA) is 40.5 Å². The highest BCUT2D eigenvalue weighted by Crippen LogP contribution is 2.37. The van der Waals surface area contributed by atoms with E-state index in [2.05, 4.69) is 25.1 Å². The van der Waals surface area contributed by atoms with Crippen molar-refractivity contribution in [3.05, 3.63) is 23.8 Å². The summed E-state index contributed by atoms with van der Waals surface area (Å²) < 4.78 is 0. The Morgan fingerprint density at radius 2 is 2.38 bits per heavy atom. The van der Waals surface area contributed by atoms with Gasteiger partial charge in [0.25, 0.3) is 0 Å². The largest absolute Gasteiger partial charge is 0.480 e. The summed E-state index contributed by atoms with van der Waals surface area (Å²) in [6, 6.07) is 6.21. The van der Waals surface area contributed by atoms with Gasteiger partial charge in [0.2, 0.25) is 0 Å². The number of carboxylic acid groups (broad SMARTS) is 1. The SMILES string of the molecule is CCc1cccc2c1N(CC(=O)O)CCS2. The van der Waals surface area contributed by atoms with Crippen LogP contribution < -0.4 is 4.90 Å². The number of benzene rings is 1. The van der Waals surface area contributed by atoms with Crippen LogP contribution in [0.5, 0.6) is 0 Å². The van der Waals surface area contributed by atoms with E-state index in [4.69, 9.17) is 5.11 Å². The fraction of sp³-hybridized carbons (Fsp3) is 0.417. The van der Waals surface area contributed by atoms with Crippen molar-refractivity contribution < 1.29 is 9.90 Å². The summed E-state index contributed by atoms with van der Waals surface area (Å²) in [5, 5.41) is 8.91. The van der Waals surface area contributed by atoms with E-state index in [1.165, 1.54) is 10.5 Å². The van der Waals surface area contributed by atoms with Crippen molar-refractivity contribution in [3.8, 4) is 0 Å². The van der Waals surface area contributed by atoms with Crippen LogP contribution in [0.3, 0.4) is 0 Å². The van der Waals surface area contributed by atoms with Gasteiger partial charge in [0, 0.05) is 17.2 Å². The Hall–Kier alpha value is -1.16. The second-order valence-corrected chi connectivity index (χ2v) is 4.92. The van der Waals surface area contributed by atoms with Gasteiger partial charge in [-0.1, -0.05) is 19.1 Å². The normalized spacial score (nSPS) is 14.7. The number of fused-ring (bicyclic) bond motifs is 1. The number of thioether (sulfide) groups is 1. The molecular weight excluding hydrogens is 222 g/mol. The molecule has 1 aliphatic heterocycles. The van der Waals surface area contributed by atoms with Crippen LogP contribution in [0.15, 0.2) is 23.1 Å². The molecule has 0 aliphatic carbocycles. The minimum atomic E-state index is -0.760. The molecule has 4 heteroatoms.